The van der Waals surface area contributed by atoms with Gasteiger partial charge in [-0.05, 0) is 31.2 Å². The molecule has 1 saturated carbocycles. The largest absolute Gasteiger partial charge is 0.381 e. The predicted octanol–water partition coefficient (Wildman–Crippen LogP) is 2.66. The number of nitrogens with zero attached hydrogens (tertiary/aromatic N) is 5. The minimum atomic E-state index is -0.209. The van der Waals surface area contributed by atoms with Crippen LogP contribution in [0.1, 0.15) is 30.1 Å². The molecule has 2 saturated heterocycles. The molecule has 1 N–H and O–H groups in total. The van der Waals surface area contributed by atoms with Gasteiger partial charge < -0.3 is 29.3 Å². The number of hydrogen-bond acceptors (Lipinski definition) is 9. The van der Waals surface area contributed by atoms with Gasteiger partial charge in [0.1, 0.15) is 5.82 Å². The van der Waals surface area contributed by atoms with Crippen LogP contribution < -0.4 is 15.1 Å². The lowest BCUT2D eigenvalue weighted by molar-refractivity contribution is -0.168. The molecule has 200 valence electrons. The molecule has 38 heavy (non-hydrogen) atoms. The van der Waals surface area contributed by atoms with E-state index in [1.807, 2.05) is 30.3 Å². The Balaban J connectivity index is 1.41. The minimum Gasteiger partial charge on any atom is -0.381 e. The lowest BCUT2D eigenvalue weighted by Gasteiger charge is -2.51. The molecule has 3 aliphatic rings. The maximum atomic E-state index is 12.2. The number of methoxy groups -OCH3 is 1. The molecule has 4 heterocycles. The lowest BCUT2D eigenvalue weighted by Crippen LogP contribution is -2.61. The second kappa shape index (κ2) is 10.1. The van der Waals surface area contributed by atoms with Crippen LogP contribution in [0, 0.1) is 0 Å². The van der Waals surface area contributed by atoms with E-state index in [0.29, 0.717) is 37.0 Å². The zero-order valence-electron chi connectivity index (χ0n) is 22.1. The zero-order chi connectivity index (χ0) is 26.3. The number of anilines is 2. The Morgan fingerprint density at radius 3 is 2.79 bits per heavy atom. The first kappa shape index (κ1) is 25.0. The van der Waals surface area contributed by atoms with E-state index in [0.717, 1.165) is 54.9 Å². The molecule has 1 atom stereocenters. The summed E-state index contributed by atoms with van der Waals surface area (Å²) >= 11 is 0. The highest BCUT2D eigenvalue weighted by Gasteiger charge is 2.49. The van der Waals surface area contributed by atoms with E-state index >= 15 is 0 Å². The van der Waals surface area contributed by atoms with Crippen LogP contribution in [0.4, 0.5) is 11.8 Å². The Morgan fingerprint density at radius 2 is 2.00 bits per heavy atom. The summed E-state index contributed by atoms with van der Waals surface area (Å²) in [6.45, 7) is 6.29. The third kappa shape index (κ3) is 4.57. The number of aromatic nitrogens is 3. The van der Waals surface area contributed by atoms with Gasteiger partial charge in [0.15, 0.2) is 5.65 Å². The Morgan fingerprint density at radius 1 is 1.13 bits per heavy atom. The topological polar surface area (TPSA) is 102 Å². The zero-order valence-corrected chi connectivity index (χ0v) is 22.1. The SMILES string of the molecule is CNC(=O)c1cccc(-c2ccc3c(N4CCOC[C@@H]4C)nc(N4CCOC5(CC(OC)C5)C4)nc3n2)c1. The fourth-order valence-electron chi connectivity index (χ4n) is 5.71. The number of morpholine rings is 2. The van der Waals surface area contributed by atoms with Crippen LogP contribution in [0.25, 0.3) is 22.3 Å². The van der Waals surface area contributed by atoms with E-state index in [1.54, 1.807) is 20.2 Å². The van der Waals surface area contributed by atoms with Crippen molar-refractivity contribution in [1.29, 1.82) is 0 Å². The van der Waals surface area contributed by atoms with Crippen LogP contribution in [0.5, 0.6) is 0 Å². The van der Waals surface area contributed by atoms with Gasteiger partial charge in [-0.2, -0.15) is 9.97 Å². The van der Waals surface area contributed by atoms with Gasteiger partial charge >= 0.3 is 0 Å². The Kier molecular flexibility index (Phi) is 6.63. The number of pyridine rings is 1. The summed E-state index contributed by atoms with van der Waals surface area (Å²) in [7, 11) is 3.39. The van der Waals surface area contributed by atoms with Crippen molar-refractivity contribution in [2.24, 2.45) is 0 Å². The summed E-state index contributed by atoms with van der Waals surface area (Å²) in [4.78, 5) is 31.8. The standard InChI is InChI=1S/C28H34N6O4/c1-18-16-37-11-10-34(18)25-22-7-8-23(19-5-4-6-20(13-19)26(35)29-2)30-24(22)31-27(32-25)33-9-12-38-28(17-33)14-21(15-28)36-3/h4-8,13,18,21H,9-12,14-17H2,1-3H3,(H,29,35)/t18-,21?,28?/m0/s1. The summed E-state index contributed by atoms with van der Waals surface area (Å²) in [6, 6.07) is 11.7. The molecule has 10 heteroatoms. The highest BCUT2D eigenvalue weighted by molar-refractivity contribution is 5.95. The van der Waals surface area contributed by atoms with Gasteiger partial charge in [-0.1, -0.05) is 12.1 Å². The smallest absolute Gasteiger partial charge is 0.251 e. The molecule has 1 aromatic carbocycles. The second-order valence-corrected chi connectivity index (χ2v) is 10.4. The van der Waals surface area contributed by atoms with Crippen molar-refractivity contribution >= 4 is 28.7 Å². The summed E-state index contributed by atoms with van der Waals surface area (Å²) in [6.07, 6.45) is 2.00. The lowest BCUT2D eigenvalue weighted by atomic mass is 9.76. The van der Waals surface area contributed by atoms with Crippen molar-refractivity contribution in [2.75, 3.05) is 63.4 Å². The molecule has 3 fully saturated rings. The molecule has 2 aromatic heterocycles. The fourth-order valence-corrected chi connectivity index (χ4v) is 5.71. The molecule has 0 bridgehead atoms. The van der Waals surface area contributed by atoms with E-state index in [2.05, 4.69) is 22.0 Å². The number of amides is 1. The average molecular weight is 519 g/mol. The first-order chi connectivity index (χ1) is 18.5. The number of carbonyl (C=O) groups excluding carboxylic acids is 1. The molecule has 10 nitrogen and oxygen atoms in total. The van der Waals surface area contributed by atoms with Gasteiger partial charge in [0.2, 0.25) is 5.95 Å². The summed E-state index contributed by atoms with van der Waals surface area (Å²) in [5.74, 6) is 1.41. The number of hydrogen-bond donors (Lipinski definition) is 1. The van der Waals surface area contributed by atoms with E-state index in [4.69, 9.17) is 29.2 Å². The van der Waals surface area contributed by atoms with E-state index in [9.17, 15) is 4.79 Å². The summed E-state index contributed by atoms with van der Waals surface area (Å²) < 4.78 is 17.4. The maximum absolute atomic E-state index is 12.2. The number of fused-ring (bicyclic) bond motifs is 1. The number of ether oxygens (including phenoxy) is 3. The Labute approximate surface area is 222 Å². The molecular weight excluding hydrogens is 484 g/mol. The van der Waals surface area contributed by atoms with Gasteiger partial charge in [0, 0.05) is 51.2 Å². The highest BCUT2D eigenvalue weighted by Crippen LogP contribution is 2.41. The minimum absolute atomic E-state index is 0.131. The third-order valence-electron chi connectivity index (χ3n) is 7.88. The molecule has 6 rings (SSSR count). The van der Waals surface area contributed by atoms with Crippen molar-refractivity contribution in [3.8, 4) is 11.3 Å². The van der Waals surface area contributed by atoms with Crippen molar-refractivity contribution < 1.29 is 19.0 Å². The molecule has 2 aliphatic heterocycles. The van der Waals surface area contributed by atoms with Crippen LogP contribution in [0.3, 0.4) is 0 Å². The van der Waals surface area contributed by atoms with Crippen molar-refractivity contribution in [3.63, 3.8) is 0 Å². The van der Waals surface area contributed by atoms with Gasteiger partial charge in [-0.25, -0.2) is 4.98 Å². The second-order valence-electron chi connectivity index (χ2n) is 10.4. The van der Waals surface area contributed by atoms with Crippen molar-refractivity contribution in [3.05, 3.63) is 42.0 Å². The van der Waals surface area contributed by atoms with E-state index in [1.165, 1.54) is 0 Å². The third-order valence-corrected chi connectivity index (χ3v) is 7.88. The number of carbonyl (C=O) groups is 1. The monoisotopic (exact) mass is 518 g/mol. The number of benzene rings is 1. The van der Waals surface area contributed by atoms with E-state index < -0.39 is 0 Å². The molecule has 1 spiro atoms. The van der Waals surface area contributed by atoms with Gasteiger partial charge in [-0.3, -0.25) is 4.79 Å². The normalized spacial score (nSPS) is 25.4. The molecule has 0 radical (unpaired) electrons. The van der Waals surface area contributed by atoms with Gasteiger partial charge in [0.05, 0.1) is 55.2 Å². The van der Waals surface area contributed by atoms with Gasteiger partial charge in [-0.15, -0.1) is 0 Å². The molecule has 1 amide bonds. The van der Waals surface area contributed by atoms with Crippen LogP contribution >= 0.6 is 0 Å². The van der Waals surface area contributed by atoms with E-state index in [-0.39, 0.29) is 23.7 Å². The summed E-state index contributed by atoms with van der Waals surface area (Å²) in [5.41, 5.74) is 2.63. The summed E-state index contributed by atoms with van der Waals surface area (Å²) in [5, 5.41) is 3.59. The fraction of sp³-hybridized carbons (Fsp3) is 0.500. The number of rotatable bonds is 5. The average Bonchev–Trinajstić information content (AvgIpc) is 2.95. The van der Waals surface area contributed by atoms with Crippen molar-refractivity contribution in [1.82, 2.24) is 20.3 Å². The van der Waals surface area contributed by atoms with Gasteiger partial charge in [0.25, 0.3) is 5.91 Å². The Bertz CT molecular complexity index is 1340. The molecule has 0 unspecified atom stereocenters. The van der Waals surface area contributed by atoms with Crippen LogP contribution in [0.2, 0.25) is 0 Å². The quantitative estimate of drug-likeness (QED) is 0.546. The maximum Gasteiger partial charge on any atom is 0.251 e. The first-order valence-electron chi connectivity index (χ1n) is 13.3. The highest BCUT2D eigenvalue weighted by atomic mass is 16.5. The first-order valence-corrected chi connectivity index (χ1v) is 13.3. The van der Waals surface area contributed by atoms with Crippen molar-refractivity contribution in [2.45, 2.75) is 37.5 Å². The molecule has 1 aliphatic carbocycles. The van der Waals surface area contributed by atoms with Crippen LogP contribution in [0.15, 0.2) is 36.4 Å². The molecular formula is C28H34N6O4. The van der Waals surface area contributed by atoms with Crippen LogP contribution in [-0.4, -0.2) is 92.2 Å². The number of nitrogens with one attached hydrogen (secondary N) is 1. The van der Waals surface area contributed by atoms with Crippen LogP contribution in [-0.2, 0) is 14.2 Å². The predicted molar refractivity (Wildman–Crippen MR) is 145 cm³/mol. The molecule has 3 aromatic rings. The Hall–Kier alpha value is -3.34.